The fourth-order valence-corrected chi connectivity index (χ4v) is 2.72. The van der Waals surface area contributed by atoms with Gasteiger partial charge in [-0.25, -0.2) is 0 Å². The van der Waals surface area contributed by atoms with E-state index in [2.05, 4.69) is 5.32 Å². The van der Waals surface area contributed by atoms with E-state index in [1.165, 1.54) is 0 Å². The first kappa shape index (κ1) is 14.8. The van der Waals surface area contributed by atoms with Crippen LogP contribution in [0.2, 0.25) is 0 Å². The van der Waals surface area contributed by atoms with E-state index in [-0.39, 0.29) is 11.8 Å². The maximum Gasteiger partial charge on any atom is 0.258 e. The quantitative estimate of drug-likeness (QED) is 0.699. The molecule has 1 N–H and O–H groups in total. The Hall–Kier alpha value is -3.13. The van der Waals surface area contributed by atoms with Gasteiger partial charge < -0.3 is 4.90 Å². The Morgan fingerprint density at radius 2 is 1.91 bits per heavy atom. The first-order chi connectivity index (χ1) is 11.1. The van der Waals surface area contributed by atoms with Crippen LogP contribution in [-0.2, 0) is 11.3 Å². The van der Waals surface area contributed by atoms with E-state index in [0.29, 0.717) is 6.54 Å². The molecule has 1 atom stereocenters. The minimum absolute atomic E-state index is 0.0105. The van der Waals surface area contributed by atoms with Gasteiger partial charge in [0.15, 0.2) is 6.19 Å². The number of anilines is 1. The van der Waals surface area contributed by atoms with E-state index in [0.717, 1.165) is 22.4 Å². The Bertz CT molecular complexity index is 806. The molecule has 0 fully saturated rings. The van der Waals surface area contributed by atoms with Crippen LogP contribution < -0.4 is 10.2 Å². The van der Waals surface area contributed by atoms with Gasteiger partial charge in [0.2, 0.25) is 5.91 Å². The fraction of sp³-hybridized carbons (Fsp3) is 0.167. The van der Waals surface area contributed by atoms with Crippen molar-refractivity contribution in [2.24, 2.45) is 0 Å². The minimum Gasteiger partial charge on any atom is -0.304 e. The SMILES string of the molecule is CC(C(=O)NC#N)c1ccc(N2Cc3ccccc3C2=O)cc1. The standard InChI is InChI=1S/C18H15N3O2/c1-12(17(22)20-11-19)13-6-8-15(9-7-13)21-10-14-4-2-3-5-16(14)18(21)23/h2-9,12H,10H2,1H3,(H,20,22). The van der Waals surface area contributed by atoms with Gasteiger partial charge in [-0.2, -0.15) is 5.26 Å². The number of rotatable bonds is 3. The van der Waals surface area contributed by atoms with Gasteiger partial charge in [-0.3, -0.25) is 14.9 Å². The van der Waals surface area contributed by atoms with E-state index in [1.54, 1.807) is 18.0 Å². The second-order valence-corrected chi connectivity index (χ2v) is 5.46. The second kappa shape index (κ2) is 5.93. The number of hydrogen-bond acceptors (Lipinski definition) is 3. The van der Waals surface area contributed by atoms with Gasteiger partial charge in [-0.1, -0.05) is 30.3 Å². The van der Waals surface area contributed by atoms with Crippen molar-refractivity contribution in [1.29, 1.82) is 5.26 Å². The number of benzene rings is 2. The number of hydrogen-bond donors (Lipinski definition) is 1. The van der Waals surface area contributed by atoms with Gasteiger partial charge in [-0.15, -0.1) is 0 Å². The molecule has 5 heteroatoms. The van der Waals surface area contributed by atoms with Gasteiger partial charge in [0, 0.05) is 11.3 Å². The third kappa shape index (κ3) is 2.67. The molecule has 0 aromatic heterocycles. The van der Waals surface area contributed by atoms with Crippen LogP contribution in [0.3, 0.4) is 0 Å². The molecular formula is C18H15N3O2. The normalized spacial score (nSPS) is 14.1. The topological polar surface area (TPSA) is 73.2 Å². The summed E-state index contributed by atoms with van der Waals surface area (Å²) in [4.78, 5) is 25.8. The number of nitriles is 1. The molecule has 5 nitrogen and oxygen atoms in total. The van der Waals surface area contributed by atoms with Crippen molar-refractivity contribution in [2.75, 3.05) is 4.90 Å². The summed E-state index contributed by atoms with van der Waals surface area (Å²) in [6.45, 7) is 2.29. The molecular weight excluding hydrogens is 290 g/mol. The van der Waals surface area contributed by atoms with Gasteiger partial charge in [0.1, 0.15) is 0 Å². The lowest BCUT2D eigenvalue weighted by Gasteiger charge is -2.17. The number of carbonyl (C=O) groups is 2. The third-order valence-electron chi connectivity index (χ3n) is 4.10. The smallest absolute Gasteiger partial charge is 0.258 e. The summed E-state index contributed by atoms with van der Waals surface area (Å²) < 4.78 is 0. The lowest BCUT2D eigenvalue weighted by atomic mass is 10.00. The molecule has 0 saturated heterocycles. The Labute approximate surface area is 134 Å². The average molecular weight is 305 g/mol. The van der Waals surface area contributed by atoms with Crippen molar-refractivity contribution in [3.63, 3.8) is 0 Å². The maximum atomic E-state index is 12.4. The highest BCUT2D eigenvalue weighted by molar-refractivity contribution is 6.10. The molecule has 1 heterocycles. The lowest BCUT2D eigenvalue weighted by Crippen LogP contribution is -2.24. The van der Waals surface area contributed by atoms with Crippen molar-refractivity contribution in [3.8, 4) is 6.19 Å². The minimum atomic E-state index is -0.421. The molecule has 0 aliphatic carbocycles. The van der Waals surface area contributed by atoms with Crippen LogP contribution >= 0.6 is 0 Å². The van der Waals surface area contributed by atoms with Crippen molar-refractivity contribution in [3.05, 3.63) is 65.2 Å². The molecule has 0 saturated carbocycles. The molecule has 3 rings (SSSR count). The van der Waals surface area contributed by atoms with E-state index >= 15 is 0 Å². The van der Waals surface area contributed by atoms with Gasteiger partial charge in [-0.05, 0) is 36.2 Å². The van der Waals surface area contributed by atoms with E-state index in [9.17, 15) is 9.59 Å². The van der Waals surface area contributed by atoms with Gasteiger partial charge >= 0.3 is 0 Å². The zero-order chi connectivity index (χ0) is 16.4. The van der Waals surface area contributed by atoms with Crippen LogP contribution in [0, 0.1) is 11.5 Å². The third-order valence-corrected chi connectivity index (χ3v) is 4.10. The lowest BCUT2D eigenvalue weighted by molar-refractivity contribution is -0.121. The van der Waals surface area contributed by atoms with Crippen molar-refractivity contribution >= 4 is 17.5 Å². The molecule has 0 spiro atoms. The summed E-state index contributed by atoms with van der Waals surface area (Å²) in [5, 5.41) is 10.6. The molecule has 1 aliphatic rings. The fourth-order valence-electron chi connectivity index (χ4n) is 2.72. The molecule has 2 aromatic rings. The van der Waals surface area contributed by atoms with Gasteiger partial charge in [0.25, 0.3) is 5.91 Å². The molecule has 114 valence electrons. The second-order valence-electron chi connectivity index (χ2n) is 5.46. The van der Waals surface area contributed by atoms with E-state index in [1.807, 2.05) is 48.5 Å². The Morgan fingerprint density at radius 1 is 1.22 bits per heavy atom. The molecule has 0 bridgehead atoms. The van der Waals surface area contributed by atoms with Crippen LogP contribution in [0.4, 0.5) is 5.69 Å². The van der Waals surface area contributed by atoms with Crippen LogP contribution in [0.15, 0.2) is 48.5 Å². The first-order valence-corrected chi connectivity index (χ1v) is 7.30. The predicted octanol–water partition coefficient (Wildman–Crippen LogP) is 2.55. The number of amides is 2. The summed E-state index contributed by atoms with van der Waals surface area (Å²) in [5.41, 5.74) is 3.34. The Kier molecular flexibility index (Phi) is 3.82. The van der Waals surface area contributed by atoms with E-state index in [4.69, 9.17) is 5.26 Å². The highest BCUT2D eigenvalue weighted by atomic mass is 16.2. The van der Waals surface area contributed by atoms with Crippen molar-refractivity contribution < 1.29 is 9.59 Å². The Balaban J connectivity index is 1.80. The molecule has 1 aliphatic heterocycles. The highest BCUT2D eigenvalue weighted by Crippen LogP contribution is 2.29. The Morgan fingerprint density at radius 3 is 2.57 bits per heavy atom. The van der Waals surface area contributed by atoms with Crippen molar-refractivity contribution in [2.45, 2.75) is 19.4 Å². The monoisotopic (exact) mass is 305 g/mol. The van der Waals surface area contributed by atoms with Crippen LogP contribution in [0.25, 0.3) is 0 Å². The number of nitrogens with zero attached hydrogens (tertiary/aromatic N) is 2. The molecule has 1 unspecified atom stereocenters. The van der Waals surface area contributed by atoms with E-state index < -0.39 is 5.92 Å². The largest absolute Gasteiger partial charge is 0.304 e. The molecule has 23 heavy (non-hydrogen) atoms. The van der Waals surface area contributed by atoms with Crippen molar-refractivity contribution in [1.82, 2.24) is 5.32 Å². The summed E-state index contributed by atoms with van der Waals surface area (Å²) in [6, 6.07) is 14.9. The first-order valence-electron chi connectivity index (χ1n) is 7.30. The zero-order valence-electron chi connectivity index (χ0n) is 12.6. The highest BCUT2D eigenvalue weighted by Gasteiger charge is 2.28. The number of nitrogens with one attached hydrogen (secondary N) is 1. The van der Waals surface area contributed by atoms with Gasteiger partial charge in [0.05, 0.1) is 12.5 Å². The summed E-state index contributed by atoms with van der Waals surface area (Å²) in [7, 11) is 0. The number of fused-ring (bicyclic) bond motifs is 1. The molecule has 2 amide bonds. The average Bonchev–Trinajstić information content (AvgIpc) is 2.92. The van der Waals surface area contributed by atoms with Crippen LogP contribution in [0.5, 0.6) is 0 Å². The molecule has 0 radical (unpaired) electrons. The van der Waals surface area contributed by atoms with Crippen LogP contribution in [-0.4, -0.2) is 11.8 Å². The summed E-state index contributed by atoms with van der Waals surface area (Å²) in [6.07, 6.45) is 1.64. The summed E-state index contributed by atoms with van der Waals surface area (Å²) >= 11 is 0. The number of carbonyl (C=O) groups excluding carboxylic acids is 2. The summed E-state index contributed by atoms with van der Waals surface area (Å²) in [5.74, 6) is -0.774. The predicted molar refractivity (Wildman–Crippen MR) is 85.6 cm³/mol. The molecule has 2 aromatic carbocycles. The maximum absolute atomic E-state index is 12.4. The zero-order valence-corrected chi connectivity index (χ0v) is 12.6. The van der Waals surface area contributed by atoms with Crippen LogP contribution in [0.1, 0.15) is 34.3 Å².